The van der Waals surface area contributed by atoms with Crippen LogP contribution in [0.1, 0.15) is 44.4 Å². The summed E-state index contributed by atoms with van der Waals surface area (Å²) >= 11 is 1.38. The van der Waals surface area contributed by atoms with Crippen molar-refractivity contribution in [3.8, 4) is 0 Å². The third-order valence-corrected chi connectivity index (χ3v) is 6.92. The van der Waals surface area contributed by atoms with E-state index in [1.54, 1.807) is 6.07 Å². The number of nitrogens with one attached hydrogen (secondary N) is 2. The van der Waals surface area contributed by atoms with E-state index in [0.717, 1.165) is 30.7 Å². The second kappa shape index (κ2) is 7.72. The largest absolute Gasteiger partial charge is 0.314 e. The standard InChI is InChI=1S/C15H26N2O2S2/c1-12(2)16-10-9-14-7-8-15(20-14)21(18,19)17-11-13-5-3-4-6-13/h7-8,12-13,16-17H,3-6,9-11H2,1-2H3. The fourth-order valence-corrected chi connectivity index (χ4v) is 5.15. The normalized spacial score (nSPS) is 16.9. The summed E-state index contributed by atoms with van der Waals surface area (Å²) in [5, 5.41) is 3.35. The topological polar surface area (TPSA) is 58.2 Å². The minimum atomic E-state index is -3.32. The minimum Gasteiger partial charge on any atom is -0.314 e. The number of hydrogen-bond acceptors (Lipinski definition) is 4. The van der Waals surface area contributed by atoms with E-state index in [1.165, 1.54) is 24.2 Å². The summed E-state index contributed by atoms with van der Waals surface area (Å²) in [6, 6.07) is 4.12. The van der Waals surface area contributed by atoms with Gasteiger partial charge in [-0.1, -0.05) is 26.7 Å². The van der Waals surface area contributed by atoms with Crippen LogP contribution in [0.25, 0.3) is 0 Å². The van der Waals surface area contributed by atoms with E-state index in [0.29, 0.717) is 22.7 Å². The molecule has 0 spiro atoms. The molecule has 1 saturated carbocycles. The molecule has 1 heterocycles. The van der Waals surface area contributed by atoms with Crippen molar-refractivity contribution in [3.05, 3.63) is 17.0 Å². The monoisotopic (exact) mass is 330 g/mol. The Kier molecular flexibility index (Phi) is 6.22. The Morgan fingerprint density at radius 3 is 2.67 bits per heavy atom. The summed E-state index contributed by atoms with van der Waals surface area (Å²) in [6.07, 6.45) is 5.65. The third-order valence-electron chi connectivity index (χ3n) is 3.86. The molecule has 21 heavy (non-hydrogen) atoms. The van der Waals surface area contributed by atoms with Gasteiger partial charge in [0.2, 0.25) is 10.0 Å². The predicted octanol–water partition coefficient (Wildman–Crippen LogP) is 2.76. The summed E-state index contributed by atoms with van der Waals surface area (Å²) in [5.74, 6) is 0.523. The maximum absolute atomic E-state index is 12.3. The number of sulfonamides is 1. The van der Waals surface area contributed by atoms with Crippen LogP contribution in [-0.4, -0.2) is 27.5 Å². The van der Waals surface area contributed by atoms with Gasteiger partial charge in [-0.25, -0.2) is 13.1 Å². The third kappa shape index (κ3) is 5.36. The first-order valence-corrected chi connectivity index (χ1v) is 10.1. The van der Waals surface area contributed by atoms with Crippen molar-refractivity contribution in [1.29, 1.82) is 0 Å². The maximum atomic E-state index is 12.3. The van der Waals surface area contributed by atoms with Crippen LogP contribution in [0, 0.1) is 5.92 Å². The lowest BCUT2D eigenvalue weighted by Crippen LogP contribution is -2.27. The van der Waals surface area contributed by atoms with E-state index in [9.17, 15) is 8.42 Å². The van der Waals surface area contributed by atoms with Crippen molar-refractivity contribution in [1.82, 2.24) is 10.0 Å². The smallest absolute Gasteiger partial charge is 0.250 e. The average molecular weight is 331 g/mol. The highest BCUT2D eigenvalue weighted by Gasteiger charge is 2.21. The Labute approximate surface area is 132 Å². The molecule has 4 nitrogen and oxygen atoms in total. The van der Waals surface area contributed by atoms with E-state index in [1.807, 2.05) is 6.07 Å². The van der Waals surface area contributed by atoms with E-state index in [4.69, 9.17) is 0 Å². The van der Waals surface area contributed by atoms with Crippen LogP contribution in [0.5, 0.6) is 0 Å². The zero-order valence-electron chi connectivity index (χ0n) is 12.9. The van der Waals surface area contributed by atoms with Crippen LogP contribution in [0.3, 0.4) is 0 Å². The van der Waals surface area contributed by atoms with Gasteiger partial charge in [-0.3, -0.25) is 0 Å². The van der Waals surface area contributed by atoms with E-state index < -0.39 is 10.0 Å². The molecule has 1 aliphatic carbocycles. The minimum absolute atomic E-state index is 0.444. The zero-order valence-corrected chi connectivity index (χ0v) is 14.5. The van der Waals surface area contributed by atoms with Gasteiger partial charge < -0.3 is 5.32 Å². The van der Waals surface area contributed by atoms with Gasteiger partial charge in [0.1, 0.15) is 4.21 Å². The second-order valence-corrected chi connectivity index (χ2v) is 9.24. The molecule has 0 radical (unpaired) electrons. The molecule has 1 aromatic rings. The van der Waals surface area contributed by atoms with Gasteiger partial charge >= 0.3 is 0 Å². The van der Waals surface area contributed by atoms with Gasteiger partial charge in [0.25, 0.3) is 0 Å². The molecular weight excluding hydrogens is 304 g/mol. The molecule has 0 atom stereocenters. The molecular formula is C15H26N2O2S2. The highest BCUT2D eigenvalue weighted by molar-refractivity contribution is 7.91. The Morgan fingerprint density at radius 1 is 1.29 bits per heavy atom. The van der Waals surface area contributed by atoms with E-state index >= 15 is 0 Å². The molecule has 0 unspecified atom stereocenters. The van der Waals surface area contributed by atoms with Crippen LogP contribution < -0.4 is 10.0 Å². The SMILES string of the molecule is CC(C)NCCc1ccc(S(=O)(=O)NCC2CCCC2)s1. The van der Waals surface area contributed by atoms with Crippen LogP contribution in [0.2, 0.25) is 0 Å². The molecule has 2 N–H and O–H groups in total. The highest BCUT2D eigenvalue weighted by atomic mass is 32.2. The number of hydrogen-bond donors (Lipinski definition) is 2. The van der Waals surface area contributed by atoms with Crippen molar-refractivity contribution in [2.75, 3.05) is 13.1 Å². The first-order valence-electron chi connectivity index (χ1n) is 7.79. The lowest BCUT2D eigenvalue weighted by Gasteiger charge is -2.10. The zero-order chi connectivity index (χ0) is 15.3. The van der Waals surface area contributed by atoms with Gasteiger partial charge in [-0.05, 0) is 37.3 Å². The Hall–Kier alpha value is -0.430. The van der Waals surface area contributed by atoms with Gasteiger partial charge in [0.05, 0.1) is 0 Å². The van der Waals surface area contributed by atoms with Crippen molar-refractivity contribution < 1.29 is 8.42 Å². The van der Waals surface area contributed by atoms with Crippen molar-refractivity contribution in [2.24, 2.45) is 5.92 Å². The lowest BCUT2D eigenvalue weighted by molar-refractivity contribution is 0.520. The summed E-state index contributed by atoms with van der Waals surface area (Å²) < 4.78 is 27.8. The molecule has 1 aromatic heterocycles. The maximum Gasteiger partial charge on any atom is 0.250 e. The molecule has 6 heteroatoms. The van der Waals surface area contributed by atoms with Gasteiger partial charge in [-0.15, -0.1) is 11.3 Å². The molecule has 1 aliphatic rings. The van der Waals surface area contributed by atoms with E-state index in [-0.39, 0.29) is 0 Å². The summed E-state index contributed by atoms with van der Waals surface area (Å²) in [6.45, 7) is 5.69. The Balaban J connectivity index is 1.86. The van der Waals surface area contributed by atoms with Crippen LogP contribution in [-0.2, 0) is 16.4 Å². The molecule has 120 valence electrons. The van der Waals surface area contributed by atoms with Crippen molar-refractivity contribution in [2.45, 2.75) is 56.2 Å². The molecule has 2 rings (SSSR count). The van der Waals surface area contributed by atoms with Crippen LogP contribution in [0.15, 0.2) is 16.3 Å². The fourth-order valence-electron chi connectivity index (χ4n) is 2.63. The number of thiophene rings is 1. The van der Waals surface area contributed by atoms with Crippen molar-refractivity contribution >= 4 is 21.4 Å². The summed E-state index contributed by atoms with van der Waals surface area (Å²) in [5.41, 5.74) is 0. The second-order valence-electron chi connectivity index (χ2n) is 6.08. The Morgan fingerprint density at radius 2 is 2.00 bits per heavy atom. The fraction of sp³-hybridized carbons (Fsp3) is 0.733. The first kappa shape index (κ1) is 16.9. The molecule has 0 aliphatic heterocycles. The van der Waals surface area contributed by atoms with Crippen molar-refractivity contribution in [3.63, 3.8) is 0 Å². The summed E-state index contributed by atoms with van der Waals surface area (Å²) in [4.78, 5) is 1.12. The quantitative estimate of drug-likeness (QED) is 0.770. The lowest BCUT2D eigenvalue weighted by atomic mass is 10.1. The average Bonchev–Trinajstić information content (AvgIpc) is 3.07. The molecule has 1 fully saturated rings. The summed E-state index contributed by atoms with van der Waals surface area (Å²) in [7, 11) is -3.32. The first-order chi connectivity index (χ1) is 9.97. The van der Waals surface area contributed by atoms with Gasteiger partial charge in [0.15, 0.2) is 0 Å². The van der Waals surface area contributed by atoms with E-state index in [2.05, 4.69) is 23.9 Å². The molecule has 0 aromatic carbocycles. The van der Waals surface area contributed by atoms with Gasteiger partial charge in [0, 0.05) is 24.0 Å². The molecule has 0 bridgehead atoms. The highest BCUT2D eigenvalue weighted by Crippen LogP contribution is 2.25. The number of rotatable bonds is 8. The molecule has 0 saturated heterocycles. The van der Waals surface area contributed by atoms with Gasteiger partial charge in [-0.2, -0.15) is 0 Å². The predicted molar refractivity (Wildman–Crippen MR) is 88.3 cm³/mol. The Bertz CT molecular complexity index is 532. The van der Waals surface area contributed by atoms with Crippen LogP contribution >= 0.6 is 11.3 Å². The van der Waals surface area contributed by atoms with Crippen LogP contribution in [0.4, 0.5) is 0 Å². The molecule has 0 amide bonds.